The third kappa shape index (κ3) is 3.40. The molecule has 0 saturated carbocycles. The summed E-state index contributed by atoms with van der Waals surface area (Å²) in [6.07, 6.45) is 0.879. The number of rotatable bonds is 3. The highest BCUT2D eigenvalue weighted by molar-refractivity contribution is 5.94. The molecule has 1 aromatic carbocycles. The molecule has 1 atom stereocenters. The van der Waals surface area contributed by atoms with Gasteiger partial charge in [0.25, 0.3) is 5.91 Å². The van der Waals surface area contributed by atoms with Crippen LogP contribution in [0.15, 0.2) is 36.4 Å². The number of likely N-dealkylation sites (tertiary alicyclic amines) is 1. The van der Waals surface area contributed by atoms with Crippen molar-refractivity contribution in [3.63, 3.8) is 0 Å². The molecule has 1 aliphatic heterocycles. The number of benzene rings is 1. The van der Waals surface area contributed by atoms with Crippen molar-refractivity contribution in [1.29, 1.82) is 0 Å². The van der Waals surface area contributed by atoms with Crippen LogP contribution in [0.3, 0.4) is 0 Å². The summed E-state index contributed by atoms with van der Waals surface area (Å²) in [5.41, 5.74) is 3.52. The molecule has 0 spiro atoms. The van der Waals surface area contributed by atoms with E-state index in [9.17, 15) is 9.18 Å². The van der Waals surface area contributed by atoms with E-state index in [1.54, 1.807) is 17.0 Å². The molecule has 1 amide bonds. The van der Waals surface area contributed by atoms with E-state index in [-0.39, 0.29) is 17.6 Å². The number of nitrogens with zero attached hydrogens (tertiary/aromatic N) is 3. The normalized spacial score (nSPS) is 17.2. The maximum atomic E-state index is 13.3. The van der Waals surface area contributed by atoms with E-state index in [1.807, 2.05) is 27.1 Å². The van der Waals surface area contributed by atoms with Gasteiger partial charge in [-0.25, -0.2) is 4.39 Å². The summed E-state index contributed by atoms with van der Waals surface area (Å²) in [6.45, 7) is 3.28. The number of aromatic nitrogens is 1. The zero-order chi connectivity index (χ0) is 17.3. The quantitative estimate of drug-likeness (QED) is 0.868. The summed E-state index contributed by atoms with van der Waals surface area (Å²) in [4.78, 5) is 21.1. The highest BCUT2D eigenvalue weighted by Crippen LogP contribution is 2.29. The molecule has 1 unspecified atom stereocenters. The van der Waals surface area contributed by atoms with Crippen molar-refractivity contribution >= 4 is 11.6 Å². The summed E-state index contributed by atoms with van der Waals surface area (Å²) < 4.78 is 13.3. The molecule has 24 heavy (non-hydrogen) atoms. The van der Waals surface area contributed by atoms with Gasteiger partial charge >= 0.3 is 0 Å². The zero-order valence-electron chi connectivity index (χ0n) is 14.3. The lowest BCUT2D eigenvalue weighted by atomic mass is 10.0. The number of carbonyl (C=O) groups is 1. The van der Waals surface area contributed by atoms with Crippen LogP contribution < -0.4 is 4.90 Å². The second kappa shape index (κ2) is 6.59. The first kappa shape index (κ1) is 16.4. The van der Waals surface area contributed by atoms with Crippen LogP contribution in [0, 0.1) is 12.7 Å². The number of amides is 1. The molecule has 2 aromatic rings. The van der Waals surface area contributed by atoms with Crippen molar-refractivity contribution in [2.24, 2.45) is 0 Å². The molecule has 4 nitrogen and oxygen atoms in total. The molecule has 1 fully saturated rings. The number of anilines is 1. The Bertz CT molecular complexity index is 760. The third-order valence-corrected chi connectivity index (χ3v) is 4.44. The Labute approximate surface area is 141 Å². The molecule has 0 radical (unpaired) electrons. The Morgan fingerprint density at radius 2 is 2.08 bits per heavy atom. The molecule has 0 N–H and O–H groups in total. The topological polar surface area (TPSA) is 36.4 Å². The van der Waals surface area contributed by atoms with Crippen molar-refractivity contribution in [2.45, 2.75) is 19.3 Å². The van der Waals surface area contributed by atoms with E-state index in [4.69, 9.17) is 0 Å². The van der Waals surface area contributed by atoms with Crippen molar-refractivity contribution < 1.29 is 9.18 Å². The number of pyridine rings is 1. The van der Waals surface area contributed by atoms with E-state index in [0.717, 1.165) is 23.5 Å². The SMILES string of the molecule is Cc1cc(N(C)C)cc(C2CCN(C(=O)c3cccc(F)c3)C2)n1. The van der Waals surface area contributed by atoms with Crippen LogP contribution >= 0.6 is 0 Å². The Balaban J connectivity index is 1.77. The molecule has 0 aliphatic carbocycles. The number of aryl methyl sites for hydroxylation is 1. The minimum atomic E-state index is -0.382. The molecule has 5 heteroatoms. The van der Waals surface area contributed by atoms with E-state index >= 15 is 0 Å². The molecule has 1 aliphatic rings. The van der Waals surface area contributed by atoms with Gasteiger partial charge in [0.1, 0.15) is 5.82 Å². The number of hydrogen-bond acceptors (Lipinski definition) is 3. The van der Waals surface area contributed by atoms with Gasteiger partial charge in [-0.05, 0) is 43.7 Å². The average Bonchev–Trinajstić information content (AvgIpc) is 3.03. The Morgan fingerprint density at radius 1 is 1.29 bits per heavy atom. The first-order valence-corrected chi connectivity index (χ1v) is 8.15. The van der Waals surface area contributed by atoms with Crippen molar-refractivity contribution in [1.82, 2.24) is 9.88 Å². The lowest BCUT2D eigenvalue weighted by Gasteiger charge is -2.18. The highest BCUT2D eigenvalue weighted by Gasteiger charge is 2.29. The summed E-state index contributed by atoms with van der Waals surface area (Å²) in [6, 6.07) is 10.0. The van der Waals surface area contributed by atoms with Crippen LogP contribution in [-0.2, 0) is 0 Å². The molecular weight excluding hydrogens is 305 g/mol. The Hall–Kier alpha value is -2.43. The Morgan fingerprint density at radius 3 is 2.79 bits per heavy atom. The zero-order valence-corrected chi connectivity index (χ0v) is 14.3. The van der Waals surface area contributed by atoms with Crippen LogP contribution in [-0.4, -0.2) is 43.0 Å². The summed E-state index contributed by atoms with van der Waals surface area (Å²) in [5.74, 6) is -0.272. The van der Waals surface area contributed by atoms with Crippen LogP contribution in [0.25, 0.3) is 0 Å². The minimum Gasteiger partial charge on any atom is -0.378 e. The van der Waals surface area contributed by atoms with Gasteiger partial charge in [-0.2, -0.15) is 0 Å². The van der Waals surface area contributed by atoms with Gasteiger partial charge in [-0.3, -0.25) is 9.78 Å². The fraction of sp³-hybridized carbons (Fsp3) is 0.368. The second-order valence-corrected chi connectivity index (χ2v) is 6.53. The maximum absolute atomic E-state index is 13.3. The van der Waals surface area contributed by atoms with Gasteiger partial charge in [0.2, 0.25) is 0 Å². The van der Waals surface area contributed by atoms with E-state index in [1.165, 1.54) is 12.1 Å². The first-order chi connectivity index (χ1) is 11.4. The first-order valence-electron chi connectivity index (χ1n) is 8.15. The number of carbonyl (C=O) groups excluding carboxylic acids is 1. The predicted octanol–water partition coefficient (Wildman–Crippen LogP) is 3.22. The van der Waals surface area contributed by atoms with Gasteiger partial charge in [0.05, 0.1) is 0 Å². The van der Waals surface area contributed by atoms with E-state index < -0.39 is 0 Å². The van der Waals surface area contributed by atoms with Crippen molar-refractivity contribution in [2.75, 3.05) is 32.1 Å². The van der Waals surface area contributed by atoms with Crippen LogP contribution in [0.5, 0.6) is 0 Å². The summed E-state index contributed by atoms with van der Waals surface area (Å²) >= 11 is 0. The third-order valence-electron chi connectivity index (χ3n) is 4.44. The van der Waals surface area contributed by atoms with Gasteiger partial charge in [-0.1, -0.05) is 6.07 Å². The fourth-order valence-corrected chi connectivity index (χ4v) is 3.13. The lowest BCUT2D eigenvalue weighted by molar-refractivity contribution is 0.0790. The number of halogens is 1. The lowest BCUT2D eigenvalue weighted by Crippen LogP contribution is -2.28. The summed E-state index contributed by atoms with van der Waals surface area (Å²) in [5, 5.41) is 0. The maximum Gasteiger partial charge on any atom is 0.253 e. The largest absolute Gasteiger partial charge is 0.378 e. The fourth-order valence-electron chi connectivity index (χ4n) is 3.13. The smallest absolute Gasteiger partial charge is 0.253 e. The van der Waals surface area contributed by atoms with E-state index in [2.05, 4.69) is 16.0 Å². The van der Waals surface area contributed by atoms with Crippen molar-refractivity contribution in [3.05, 3.63) is 59.2 Å². The van der Waals surface area contributed by atoms with Crippen LogP contribution in [0.2, 0.25) is 0 Å². The molecular formula is C19H22FN3O. The highest BCUT2D eigenvalue weighted by atomic mass is 19.1. The molecule has 1 aromatic heterocycles. The van der Waals surface area contributed by atoms with Gasteiger partial charge in [0.15, 0.2) is 0 Å². The van der Waals surface area contributed by atoms with Crippen LogP contribution in [0.4, 0.5) is 10.1 Å². The van der Waals surface area contributed by atoms with Gasteiger partial charge < -0.3 is 9.80 Å². The second-order valence-electron chi connectivity index (χ2n) is 6.53. The molecule has 0 bridgehead atoms. The average molecular weight is 327 g/mol. The standard InChI is InChI=1S/C19H22FN3O/c1-13-9-17(22(2)3)11-18(21-13)15-7-8-23(12-15)19(24)14-5-4-6-16(20)10-14/h4-6,9-11,15H,7-8,12H2,1-3H3. The number of hydrogen-bond donors (Lipinski definition) is 0. The van der Waals surface area contributed by atoms with Gasteiger partial charge in [-0.15, -0.1) is 0 Å². The summed E-state index contributed by atoms with van der Waals surface area (Å²) in [7, 11) is 4.01. The molecule has 3 rings (SSSR count). The molecule has 1 saturated heterocycles. The van der Waals surface area contributed by atoms with E-state index in [0.29, 0.717) is 18.7 Å². The van der Waals surface area contributed by atoms with Gasteiger partial charge in [0, 0.05) is 55.7 Å². The van der Waals surface area contributed by atoms with Crippen molar-refractivity contribution in [3.8, 4) is 0 Å². The molecule has 2 heterocycles. The Kier molecular flexibility index (Phi) is 4.51. The van der Waals surface area contributed by atoms with Crippen LogP contribution in [0.1, 0.15) is 34.1 Å². The monoisotopic (exact) mass is 327 g/mol. The molecule has 126 valence electrons. The minimum absolute atomic E-state index is 0.113. The predicted molar refractivity (Wildman–Crippen MR) is 93.0 cm³/mol.